The van der Waals surface area contributed by atoms with Gasteiger partial charge in [0.15, 0.2) is 0 Å². The molecule has 0 saturated carbocycles. The van der Waals surface area contributed by atoms with Crippen LogP contribution in [0, 0.1) is 5.41 Å². The standard InChI is InChI=1S/C14H19ClN2O4/c1-4-21-13-10(5-9(15)8-16-13)17-11(18)6-14(2,3)7-12(19)20/h5,8H,4,6-7H2,1-3H3,(H,17,18)(H,19,20). The second-order valence-corrected chi connectivity index (χ2v) is 5.84. The van der Waals surface area contributed by atoms with Crippen molar-refractivity contribution in [1.82, 2.24) is 4.98 Å². The zero-order valence-electron chi connectivity index (χ0n) is 12.3. The highest BCUT2D eigenvalue weighted by Crippen LogP contribution is 2.28. The Morgan fingerprint density at radius 3 is 2.67 bits per heavy atom. The molecule has 0 spiro atoms. The van der Waals surface area contributed by atoms with E-state index >= 15 is 0 Å². The molecule has 0 unspecified atom stereocenters. The Bertz CT molecular complexity index is 532. The van der Waals surface area contributed by atoms with Crippen LogP contribution in [0.1, 0.15) is 33.6 Å². The Hall–Kier alpha value is -1.82. The second kappa shape index (κ2) is 7.26. The van der Waals surface area contributed by atoms with Gasteiger partial charge >= 0.3 is 5.97 Å². The smallest absolute Gasteiger partial charge is 0.303 e. The summed E-state index contributed by atoms with van der Waals surface area (Å²) in [4.78, 5) is 26.8. The third-order valence-corrected chi connectivity index (χ3v) is 2.85. The van der Waals surface area contributed by atoms with E-state index in [0.29, 0.717) is 17.3 Å². The summed E-state index contributed by atoms with van der Waals surface area (Å²) >= 11 is 5.86. The first-order valence-corrected chi connectivity index (χ1v) is 6.91. The number of carboxylic acid groups (broad SMARTS) is 1. The lowest BCUT2D eigenvalue weighted by Gasteiger charge is -2.21. The van der Waals surface area contributed by atoms with Crippen LogP contribution in [0.4, 0.5) is 5.69 Å². The lowest BCUT2D eigenvalue weighted by molar-refractivity contribution is -0.139. The van der Waals surface area contributed by atoms with Crippen LogP contribution in [0.15, 0.2) is 12.3 Å². The molecule has 1 aromatic heterocycles. The summed E-state index contributed by atoms with van der Waals surface area (Å²) in [7, 11) is 0. The summed E-state index contributed by atoms with van der Waals surface area (Å²) in [5, 5.41) is 11.9. The predicted molar refractivity (Wildman–Crippen MR) is 79.7 cm³/mol. The first-order chi connectivity index (χ1) is 9.73. The van der Waals surface area contributed by atoms with Gasteiger partial charge in [0, 0.05) is 12.6 Å². The molecule has 6 nitrogen and oxygen atoms in total. The number of aromatic nitrogens is 1. The summed E-state index contributed by atoms with van der Waals surface area (Å²) < 4.78 is 5.31. The highest BCUT2D eigenvalue weighted by atomic mass is 35.5. The molecule has 1 heterocycles. The van der Waals surface area contributed by atoms with Gasteiger partial charge in [0.2, 0.25) is 11.8 Å². The number of carboxylic acids is 1. The normalized spacial score (nSPS) is 11.0. The van der Waals surface area contributed by atoms with Crippen molar-refractivity contribution in [2.75, 3.05) is 11.9 Å². The summed E-state index contributed by atoms with van der Waals surface area (Å²) in [5.41, 5.74) is -0.270. The van der Waals surface area contributed by atoms with Crippen molar-refractivity contribution in [2.24, 2.45) is 5.41 Å². The van der Waals surface area contributed by atoms with E-state index in [4.69, 9.17) is 21.4 Å². The maximum Gasteiger partial charge on any atom is 0.303 e. The fourth-order valence-corrected chi connectivity index (χ4v) is 2.03. The molecule has 1 rings (SSSR count). The molecular weight excluding hydrogens is 296 g/mol. The molecule has 0 aliphatic heterocycles. The highest BCUT2D eigenvalue weighted by molar-refractivity contribution is 6.30. The molecule has 0 aliphatic carbocycles. The van der Waals surface area contributed by atoms with E-state index < -0.39 is 11.4 Å². The second-order valence-electron chi connectivity index (χ2n) is 5.40. The third kappa shape index (κ3) is 5.99. The third-order valence-electron chi connectivity index (χ3n) is 2.64. The minimum absolute atomic E-state index is 0.0668. The first kappa shape index (κ1) is 17.2. The molecule has 2 N–H and O–H groups in total. The van der Waals surface area contributed by atoms with Crippen molar-refractivity contribution in [3.05, 3.63) is 17.3 Å². The van der Waals surface area contributed by atoms with Crippen molar-refractivity contribution in [2.45, 2.75) is 33.6 Å². The van der Waals surface area contributed by atoms with Crippen molar-refractivity contribution in [1.29, 1.82) is 0 Å². The number of rotatable bonds is 7. The first-order valence-electron chi connectivity index (χ1n) is 6.53. The average Bonchev–Trinajstić information content (AvgIpc) is 2.30. The van der Waals surface area contributed by atoms with Gasteiger partial charge in [0.1, 0.15) is 5.69 Å². The molecule has 0 bridgehead atoms. The van der Waals surface area contributed by atoms with Gasteiger partial charge in [0.05, 0.1) is 18.1 Å². The van der Waals surface area contributed by atoms with Crippen LogP contribution < -0.4 is 10.1 Å². The lowest BCUT2D eigenvalue weighted by Crippen LogP contribution is -2.25. The zero-order valence-corrected chi connectivity index (χ0v) is 13.0. The van der Waals surface area contributed by atoms with Gasteiger partial charge in [-0.25, -0.2) is 4.98 Å². The van der Waals surface area contributed by atoms with Gasteiger partial charge < -0.3 is 15.2 Å². The molecule has 1 amide bonds. The van der Waals surface area contributed by atoms with Crippen LogP contribution in [0.5, 0.6) is 5.88 Å². The Morgan fingerprint density at radius 2 is 2.10 bits per heavy atom. The molecule has 21 heavy (non-hydrogen) atoms. The molecular formula is C14H19ClN2O4. The van der Waals surface area contributed by atoms with Crippen molar-refractivity contribution in [3.8, 4) is 5.88 Å². The fraction of sp³-hybridized carbons (Fsp3) is 0.500. The maximum atomic E-state index is 12.0. The molecule has 0 atom stereocenters. The number of hydrogen-bond acceptors (Lipinski definition) is 4. The average molecular weight is 315 g/mol. The van der Waals surface area contributed by atoms with E-state index in [1.54, 1.807) is 26.8 Å². The molecule has 0 fully saturated rings. The van der Waals surface area contributed by atoms with Gasteiger partial charge in [-0.1, -0.05) is 25.4 Å². The molecule has 1 aromatic rings. The van der Waals surface area contributed by atoms with Gasteiger partial charge in [-0.05, 0) is 18.4 Å². The maximum absolute atomic E-state index is 12.0. The van der Waals surface area contributed by atoms with Crippen LogP contribution in [0.25, 0.3) is 0 Å². The van der Waals surface area contributed by atoms with Crippen LogP contribution in [0.3, 0.4) is 0 Å². The van der Waals surface area contributed by atoms with Gasteiger partial charge in [-0.15, -0.1) is 0 Å². The summed E-state index contributed by atoms with van der Waals surface area (Å²) in [6, 6.07) is 1.54. The topological polar surface area (TPSA) is 88.5 Å². The quantitative estimate of drug-likeness (QED) is 0.807. The zero-order chi connectivity index (χ0) is 16.0. The SMILES string of the molecule is CCOc1ncc(Cl)cc1NC(=O)CC(C)(C)CC(=O)O. The molecule has 0 saturated heterocycles. The number of amides is 1. The predicted octanol–water partition coefficient (Wildman–Crippen LogP) is 2.96. The van der Waals surface area contributed by atoms with Crippen molar-refractivity contribution in [3.63, 3.8) is 0 Å². The van der Waals surface area contributed by atoms with Gasteiger partial charge in [-0.3, -0.25) is 9.59 Å². The number of aliphatic carboxylic acids is 1. The molecule has 0 aromatic carbocycles. The lowest BCUT2D eigenvalue weighted by atomic mass is 9.85. The van der Waals surface area contributed by atoms with Crippen LogP contribution in [0.2, 0.25) is 5.02 Å². The minimum atomic E-state index is -0.938. The number of halogens is 1. The Morgan fingerprint density at radius 1 is 1.43 bits per heavy atom. The number of ether oxygens (including phenoxy) is 1. The Balaban J connectivity index is 2.78. The van der Waals surface area contributed by atoms with Crippen LogP contribution >= 0.6 is 11.6 Å². The minimum Gasteiger partial charge on any atom is -0.481 e. The Labute approximate surface area is 128 Å². The number of carbonyl (C=O) groups is 2. The fourth-order valence-electron chi connectivity index (χ4n) is 1.87. The monoisotopic (exact) mass is 314 g/mol. The molecule has 0 aliphatic rings. The number of nitrogens with zero attached hydrogens (tertiary/aromatic N) is 1. The molecule has 0 radical (unpaired) electrons. The molecule has 116 valence electrons. The van der Waals surface area contributed by atoms with E-state index in [0.717, 1.165) is 0 Å². The Kier molecular flexibility index (Phi) is 5.96. The van der Waals surface area contributed by atoms with E-state index in [-0.39, 0.29) is 24.6 Å². The van der Waals surface area contributed by atoms with Gasteiger partial charge in [0.25, 0.3) is 0 Å². The van der Waals surface area contributed by atoms with E-state index in [9.17, 15) is 9.59 Å². The van der Waals surface area contributed by atoms with Crippen LogP contribution in [-0.2, 0) is 9.59 Å². The van der Waals surface area contributed by atoms with Crippen molar-refractivity contribution < 1.29 is 19.4 Å². The number of anilines is 1. The van der Waals surface area contributed by atoms with Crippen molar-refractivity contribution >= 4 is 29.2 Å². The summed E-state index contributed by atoms with van der Waals surface area (Å²) in [6.45, 7) is 5.65. The van der Waals surface area contributed by atoms with Gasteiger partial charge in [-0.2, -0.15) is 0 Å². The molecule has 7 heteroatoms. The number of carbonyl (C=O) groups excluding carboxylic acids is 1. The highest BCUT2D eigenvalue weighted by Gasteiger charge is 2.25. The summed E-state index contributed by atoms with van der Waals surface area (Å²) in [6.07, 6.45) is 1.40. The van der Waals surface area contributed by atoms with Crippen LogP contribution in [-0.4, -0.2) is 28.6 Å². The summed E-state index contributed by atoms with van der Waals surface area (Å²) in [5.74, 6) is -0.968. The van der Waals surface area contributed by atoms with E-state index in [2.05, 4.69) is 10.3 Å². The van der Waals surface area contributed by atoms with E-state index in [1.807, 2.05) is 0 Å². The number of hydrogen-bond donors (Lipinski definition) is 2. The number of nitrogens with one attached hydrogen (secondary N) is 1. The number of pyridine rings is 1. The van der Waals surface area contributed by atoms with E-state index in [1.165, 1.54) is 6.20 Å². The largest absolute Gasteiger partial charge is 0.481 e.